The lowest BCUT2D eigenvalue weighted by Gasteiger charge is -2.41. The summed E-state index contributed by atoms with van der Waals surface area (Å²) in [5.41, 5.74) is 0.361. The van der Waals surface area contributed by atoms with Gasteiger partial charge in [-0.3, -0.25) is 0 Å². The Morgan fingerprint density at radius 3 is 2.38 bits per heavy atom. The van der Waals surface area contributed by atoms with E-state index in [1.54, 1.807) is 11.1 Å². The molecule has 1 aromatic heterocycles. The molecule has 0 spiro atoms. The summed E-state index contributed by atoms with van der Waals surface area (Å²) in [6.07, 6.45) is 4.16. The minimum absolute atomic E-state index is 0.189. The molecule has 29 heavy (non-hydrogen) atoms. The number of halogens is 3. The van der Waals surface area contributed by atoms with Crippen LogP contribution in [0.2, 0.25) is 0 Å². The minimum Gasteiger partial charge on any atom is -0.337 e. The van der Waals surface area contributed by atoms with Crippen molar-refractivity contribution in [3.8, 4) is 0 Å². The van der Waals surface area contributed by atoms with Crippen LogP contribution in [-0.2, 0) is 0 Å². The van der Waals surface area contributed by atoms with Gasteiger partial charge in [0.25, 0.3) is 0 Å². The zero-order chi connectivity index (χ0) is 20.5. The lowest BCUT2D eigenvalue weighted by atomic mass is 10.0. The highest BCUT2D eigenvalue weighted by atomic mass is 19.1. The molecule has 0 aliphatic carbocycles. The molecule has 10 heteroatoms. The van der Waals surface area contributed by atoms with Crippen molar-refractivity contribution in [2.45, 2.75) is 25.4 Å². The van der Waals surface area contributed by atoms with Crippen LogP contribution in [0.15, 0.2) is 35.7 Å². The number of hydrogen-bond acceptors (Lipinski definition) is 5. The number of carbonyl (C=O) groups excluding carboxylic acids is 1. The molecular weight excluding hydrogens is 385 g/mol. The highest BCUT2D eigenvalue weighted by Gasteiger charge is 2.36. The number of rotatable bonds is 2. The average molecular weight is 404 g/mol. The maximum Gasteiger partial charge on any atom is 0.341 e. The number of hydrazone groups is 1. The number of anilines is 1. The first kappa shape index (κ1) is 19.2. The van der Waals surface area contributed by atoms with Gasteiger partial charge in [0.1, 0.15) is 11.6 Å². The molecule has 1 aromatic carbocycles. The molecule has 2 unspecified atom stereocenters. The molecule has 1 fully saturated rings. The van der Waals surface area contributed by atoms with Crippen LogP contribution < -0.4 is 4.90 Å². The summed E-state index contributed by atoms with van der Waals surface area (Å²) in [5.74, 6) is -1.50. The van der Waals surface area contributed by atoms with Crippen molar-refractivity contribution in [2.75, 3.05) is 24.5 Å². The largest absolute Gasteiger partial charge is 0.341 e. The Morgan fingerprint density at radius 1 is 1.03 bits per heavy atom. The van der Waals surface area contributed by atoms with Gasteiger partial charge >= 0.3 is 6.03 Å². The molecule has 7 nitrogen and oxygen atoms in total. The third-order valence-electron chi connectivity index (χ3n) is 5.06. The molecule has 0 radical (unpaired) electrons. The van der Waals surface area contributed by atoms with E-state index in [-0.39, 0.29) is 12.1 Å². The fourth-order valence-corrected chi connectivity index (χ4v) is 3.67. The van der Waals surface area contributed by atoms with Crippen molar-refractivity contribution in [2.24, 2.45) is 5.10 Å². The molecule has 0 saturated carbocycles. The van der Waals surface area contributed by atoms with Gasteiger partial charge in [-0.15, -0.1) is 0 Å². The summed E-state index contributed by atoms with van der Waals surface area (Å²) in [5, 5.41) is 5.41. The monoisotopic (exact) mass is 404 g/mol. The zero-order valence-corrected chi connectivity index (χ0v) is 15.7. The number of urea groups is 1. The fourth-order valence-electron chi connectivity index (χ4n) is 3.67. The van der Waals surface area contributed by atoms with Crippen LogP contribution in [0, 0.1) is 17.5 Å². The predicted molar refractivity (Wildman–Crippen MR) is 99.8 cm³/mol. The topological polar surface area (TPSA) is 64.9 Å². The lowest BCUT2D eigenvalue weighted by molar-refractivity contribution is 0.121. The number of carbonyl (C=O) groups is 1. The summed E-state index contributed by atoms with van der Waals surface area (Å²) in [6, 6.07) is 2.15. The van der Waals surface area contributed by atoms with E-state index < -0.39 is 23.5 Å². The molecule has 2 aliphatic rings. The Hall–Kier alpha value is -3.17. The summed E-state index contributed by atoms with van der Waals surface area (Å²) in [6.45, 7) is 3.20. The van der Waals surface area contributed by atoms with E-state index in [1.165, 1.54) is 17.1 Å². The van der Waals surface area contributed by atoms with E-state index in [0.29, 0.717) is 37.6 Å². The van der Waals surface area contributed by atoms with E-state index in [9.17, 15) is 18.0 Å². The van der Waals surface area contributed by atoms with Crippen molar-refractivity contribution in [1.82, 2.24) is 19.9 Å². The SMILES string of the molecule is CC1CN(c2ncc(F)cn2)CCN1C(=O)N1N=CCC1c1cc(F)cc(F)c1. The van der Waals surface area contributed by atoms with Gasteiger partial charge in [0.05, 0.1) is 18.4 Å². The van der Waals surface area contributed by atoms with E-state index in [4.69, 9.17) is 0 Å². The summed E-state index contributed by atoms with van der Waals surface area (Å²) in [7, 11) is 0. The Labute approximate surface area is 165 Å². The van der Waals surface area contributed by atoms with Crippen LogP contribution in [0.1, 0.15) is 24.9 Å². The van der Waals surface area contributed by atoms with E-state index in [0.717, 1.165) is 18.5 Å². The maximum absolute atomic E-state index is 13.6. The first-order chi connectivity index (χ1) is 13.9. The lowest BCUT2D eigenvalue weighted by Crippen LogP contribution is -2.57. The second-order valence-electron chi connectivity index (χ2n) is 7.07. The third kappa shape index (κ3) is 3.87. The number of hydrogen-bond donors (Lipinski definition) is 0. The number of nitrogens with zero attached hydrogens (tertiary/aromatic N) is 6. The van der Waals surface area contributed by atoms with Crippen molar-refractivity contribution in [3.05, 3.63) is 53.6 Å². The average Bonchev–Trinajstić information content (AvgIpc) is 3.17. The Kier molecular flexibility index (Phi) is 5.08. The molecule has 152 valence electrons. The van der Waals surface area contributed by atoms with E-state index in [1.807, 2.05) is 11.8 Å². The zero-order valence-electron chi connectivity index (χ0n) is 15.7. The first-order valence-electron chi connectivity index (χ1n) is 9.23. The van der Waals surface area contributed by atoms with E-state index in [2.05, 4.69) is 15.1 Å². The van der Waals surface area contributed by atoms with Gasteiger partial charge in [-0.1, -0.05) is 0 Å². The molecule has 1 saturated heterocycles. The van der Waals surface area contributed by atoms with Gasteiger partial charge in [-0.05, 0) is 24.6 Å². The predicted octanol–water partition coefficient (Wildman–Crippen LogP) is 2.96. The molecule has 0 bridgehead atoms. The minimum atomic E-state index is -0.694. The fraction of sp³-hybridized carbons (Fsp3) is 0.368. The van der Waals surface area contributed by atoms with Gasteiger partial charge in [-0.25, -0.2) is 32.9 Å². The molecule has 2 aromatic rings. The van der Waals surface area contributed by atoms with Gasteiger partial charge in [0.15, 0.2) is 5.82 Å². The normalized spacial score (nSPS) is 21.7. The highest BCUT2D eigenvalue weighted by Crippen LogP contribution is 2.31. The molecule has 0 N–H and O–H groups in total. The first-order valence-corrected chi connectivity index (χ1v) is 9.23. The van der Waals surface area contributed by atoms with Crippen LogP contribution in [0.3, 0.4) is 0 Å². The van der Waals surface area contributed by atoms with Crippen LogP contribution in [0.4, 0.5) is 23.9 Å². The Morgan fingerprint density at radius 2 is 1.72 bits per heavy atom. The van der Waals surface area contributed by atoms with E-state index >= 15 is 0 Å². The van der Waals surface area contributed by atoms with Gasteiger partial charge in [0, 0.05) is 44.4 Å². The summed E-state index contributed by atoms with van der Waals surface area (Å²) < 4.78 is 40.3. The third-order valence-corrected chi connectivity index (χ3v) is 5.06. The Balaban J connectivity index is 1.47. The number of benzene rings is 1. The number of aromatic nitrogens is 2. The molecule has 3 heterocycles. The summed E-state index contributed by atoms with van der Waals surface area (Å²) in [4.78, 5) is 24.6. The highest BCUT2D eigenvalue weighted by molar-refractivity contribution is 5.79. The molecule has 2 amide bonds. The maximum atomic E-state index is 13.6. The van der Waals surface area contributed by atoms with Crippen LogP contribution in [0.25, 0.3) is 0 Å². The van der Waals surface area contributed by atoms with Gasteiger partial charge in [-0.2, -0.15) is 5.10 Å². The second-order valence-corrected chi connectivity index (χ2v) is 7.07. The quantitative estimate of drug-likeness (QED) is 0.772. The van der Waals surface area contributed by atoms with Crippen molar-refractivity contribution < 1.29 is 18.0 Å². The molecular formula is C19H19F3N6O. The van der Waals surface area contributed by atoms with Gasteiger partial charge < -0.3 is 9.80 Å². The summed E-state index contributed by atoms with van der Waals surface area (Å²) >= 11 is 0. The van der Waals surface area contributed by atoms with Crippen LogP contribution >= 0.6 is 0 Å². The smallest absolute Gasteiger partial charge is 0.337 e. The number of piperazine rings is 1. The Bertz CT molecular complexity index is 918. The molecule has 2 aliphatic heterocycles. The van der Waals surface area contributed by atoms with Crippen molar-refractivity contribution >= 4 is 18.2 Å². The van der Waals surface area contributed by atoms with Crippen LogP contribution in [-0.4, -0.2) is 57.8 Å². The van der Waals surface area contributed by atoms with Crippen molar-refractivity contribution in [1.29, 1.82) is 0 Å². The van der Waals surface area contributed by atoms with Gasteiger partial charge in [0.2, 0.25) is 5.95 Å². The second kappa shape index (κ2) is 7.69. The molecule has 4 rings (SSSR count). The standard InChI is InChI=1S/C19H19F3N6O/c1-12-11-26(18-23-9-16(22)10-24-18)4-5-27(12)19(29)28-17(2-3-25-28)13-6-14(20)8-15(21)7-13/h3,6-10,12,17H,2,4-5,11H2,1H3. The van der Waals surface area contributed by atoms with Crippen molar-refractivity contribution in [3.63, 3.8) is 0 Å². The number of amides is 2. The molecule has 2 atom stereocenters. The van der Waals surface area contributed by atoms with Crippen LogP contribution in [0.5, 0.6) is 0 Å².